The summed E-state index contributed by atoms with van der Waals surface area (Å²) in [4.78, 5) is 11.2. The molecule has 1 aliphatic rings. The number of carbonyl (C=O) groups excluding carboxylic acids is 1. The first-order chi connectivity index (χ1) is 9.40. The van der Waals surface area contributed by atoms with Crippen molar-refractivity contribution in [2.45, 2.75) is 42.8 Å². The molecular weight excluding hydrogens is 288 g/mol. The fraction of sp³-hybridized carbons (Fsp3) is 0.909. The Morgan fingerprint density at radius 1 is 1.45 bits per heavy atom. The fourth-order valence-electron chi connectivity index (χ4n) is 1.89. The van der Waals surface area contributed by atoms with Gasteiger partial charge in [-0.3, -0.25) is 4.79 Å². The van der Waals surface area contributed by atoms with E-state index in [1.165, 1.54) is 6.92 Å². The molecule has 1 rings (SSSR count). The maximum Gasteiger partial charge on any atom is 0.217 e. The van der Waals surface area contributed by atoms with Crippen molar-refractivity contribution in [2.75, 3.05) is 18.9 Å². The van der Waals surface area contributed by atoms with Crippen molar-refractivity contribution in [2.24, 2.45) is 5.73 Å². The van der Waals surface area contributed by atoms with Crippen LogP contribution in [0.4, 0.5) is 0 Å². The second kappa shape index (κ2) is 8.13. The van der Waals surface area contributed by atoms with Gasteiger partial charge in [-0.2, -0.15) is 0 Å². The highest BCUT2D eigenvalue weighted by atomic mass is 32.2. The minimum atomic E-state index is -1.30. The van der Waals surface area contributed by atoms with Crippen molar-refractivity contribution in [3.05, 3.63) is 0 Å². The van der Waals surface area contributed by atoms with E-state index < -0.39 is 42.5 Å². The Bertz CT molecular complexity index is 321. The minimum Gasteiger partial charge on any atom is -0.394 e. The van der Waals surface area contributed by atoms with Crippen LogP contribution in [0.2, 0.25) is 0 Å². The Morgan fingerprint density at radius 2 is 2.10 bits per heavy atom. The fourth-order valence-corrected chi connectivity index (χ4v) is 3.09. The molecule has 0 aliphatic carbocycles. The van der Waals surface area contributed by atoms with E-state index in [0.29, 0.717) is 0 Å². The van der Waals surface area contributed by atoms with Crippen LogP contribution >= 0.6 is 11.8 Å². The first-order valence-electron chi connectivity index (χ1n) is 6.30. The van der Waals surface area contributed by atoms with E-state index in [-0.39, 0.29) is 18.2 Å². The summed E-state index contributed by atoms with van der Waals surface area (Å²) >= 11 is 1.16. The van der Waals surface area contributed by atoms with Gasteiger partial charge in [-0.15, -0.1) is 11.8 Å². The van der Waals surface area contributed by atoms with Crippen LogP contribution in [0.25, 0.3) is 0 Å². The van der Waals surface area contributed by atoms with E-state index in [9.17, 15) is 20.1 Å². The molecule has 1 amide bonds. The zero-order chi connectivity index (χ0) is 15.3. The smallest absolute Gasteiger partial charge is 0.217 e. The molecular formula is C11H22N2O6S. The Kier molecular flexibility index (Phi) is 7.17. The molecule has 0 radical (unpaired) electrons. The summed E-state index contributed by atoms with van der Waals surface area (Å²) in [6.45, 7) is 0.911. The number of carbonyl (C=O) groups is 1. The number of nitrogens with one attached hydrogen (secondary N) is 1. The van der Waals surface area contributed by atoms with Gasteiger partial charge < -0.3 is 36.2 Å². The van der Waals surface area contributed by atoms with Gasteiger partial charge in [0.2, 0.25) is 5.91 Å². The van der Waals surface area contributed by atoms with Gasteiger partial charge >= 0.3 is 0 Å². The SMILES string of the molecule is CC(=O)N[C@@H]1[C@@H](O)[C@H](O)[C@@H](CO)O[C@@H]1SCC(O)CN. The van der Waals surface area contributed by atoms with E-state index in [1.54, 1.807) is 0 Å². The van der Waals surface area contributed by atoms with Gasteiger partial charge in [-0.25, -0.2) is 0 Å². The molecule has 0 saturated carbocycles. The number of amides is 1. The molecule has 20 heavy (non-hydrogen) atoms. The van der Waals surface area contributed by atoms with Crippen molar-refractivity contribution in [1.82, 2.24) is 5.32 Å². The van der Waals surface area contributed by atoms with Gasteiger partial charge in [0.05, 0.1) is 18.8 Å². The summed E-state index contributed by atoms with van der Waals surface area (Å²) in [7, 11) is 0. The van der Waals surface area contributed by atoms with Crippen LogP contribution in [0.5, 0.6) is 0 Å². The summed E-state index contributed by atoms with van der Waals surface area (Å²) in [5.41, 5.74) is 4.60. The maximum atomic E-state index is 11.2. The van der Waals surface area contributed by atoms with Crippen molar-refractivity contribution in [3.8, 4) is 0 Å². The Balaban J connectivity index is 2.75. The number of rotatable bonds is 6. The number of nitrogens with two attached hydrogens (primary N) is 1. The zero-order valence-electron chi connectivity index (χ0n) is 11.2. The van der Waals surface area contributed by atoms with Crippen molar-refractivity contribution in [1.29, 1.82) is 0 Å². The lowest BCUT2D eigenvalue weighted by molar-refractivity contribution is -0.173. The molecule has 1 aliphatic heterocycles. The van der Waals surface area contributed by atoms with E-state index in [2.05, 4.69) is 5.32 Å². The van der Waals surface area contributed by atoms with Crippen LogP contribution in [-0.4, -0.2) is 81.1 Å². The number of aliphatic hydroxyl groups excluding tert-OH is 4. The molecule has 1 unspecified atom stereocenters. The second-order valence-electron chi connectivity index (χ2n) is 4.66. The van der Waals surface area contributed by atoms with Gasteiger partial charge in [-0.1, -0.05) is 0 Å². The van der Waals surface area contributed by atoms with Gasteiger partial charge in [0.15, 0.2) is 0 Å². The lowest BCUT2D eigenvalue weighted by Gasteiger charge is -2.42. The van der Waals surface area contributed by atoms with Crippen LogP contribution in [0.15, 0.2) is 0 Å². The molecule has 0 aromatic heterocycles. The third-order valence-electron chi connectivity index (χ3n) is 2.98. The van der Waals surface area contributed by atoms with Crippen LogP contribution in [-0.2, 0) is 9.53 Å². The van der Waals surface area contributed by atoms with Crippen LogP contribution in [0.1, 0.15) is 6.92 Å². The molecule has 0 bridgehead atoms. The first kappa shape index (κ1) is 17.6. The Labute approximate surface area is 121 Å². The molecule has 1 heterocycles. The van der Waals surface area contributed by atoms with E-state index in [4.69, 9.17) is 15.6 Å². The molecule has 7 N–H and O–H groups in total. The molecule has 6 atom stereocenters. The number of hydrogen-bond acceptors (Lipinski definition) is 8. The van der Waals surface area contributed by atoms with Gasteiger partial charge in [0, 0.05) is 19.2 Å². The molecule has 118 valence electrons. The quantitative estimate of drug-likeness (QED) is 0.304. The van der Waals surface area contributed by atoms with E-state index in [0.717, 1.165) is 11.8 Å². The number of hydrogen-bond donors (Lipinski definition) is 6. The summed E-state index contributed by atoms with van der Waals surface area (Å²) in [6, 6.07) is -0.833. The van der Waals surface area contributed by atoms with E-state index >= 15 is 0 Å². The monoisotopic (exact) mass is 310 g/mol. The first-order valence-corrected chi connectivity index (χ1v) is 7.34. The average Bonchev–Trinajstić information content (AvgIpc) is 2.42. The van der Waals surface area contributed by atoms with E-state index in [1.807, 2.05) is 0 Å². The highest BCUT2D eigenvalue weighted by molar-refractivity contribution is 7.99. The number of aliphatic hydroxyl groups is 4. The van der Waals surface area contributed by atoms with Crippen LogP contribution < -0.4 is 11.1 Å². The van der Waals surface area contributed by atoms with Crippen molar-refractivity contribution < 1.29 is 30.0 Å². The predicted octanol–water partition coefficient (Wildman–Crippen LogP) is -3.02. The highest BCUT2D eigenvalue weighted by Gasteiger charge is 2.44. The third kappa shape index (κ3) is 4.55. The molecule has 8 nitrogen and oxygen atoms in total. The van der Waals surface area contributed by atoms with Crippen LogP contribution in [0, 0.1) is 0 Å². The average molecular weight is 310 g/mol. The molecule has 0 spiro atoms. The summed E-state index contributed by atoms with van der Waals surface area (Å²) in [5, 5.41) is 40.9. The standard InChI is InChI=1S/C11H22N2O6S/c1-5(15)13-8-10(18)9(17)7(3-14)19-11(8)20-4-6(16)2-12/h6-11,14,16-18H,2-4,12H2,1H3,(H,13,15)/t6?,7-,8-,9-,10-,11-/m1/s1. The molecule has 0 aromatic carbocycles. The van der Waals surface area contributed by atoms with Gasteiger partial charge in [-0.05, 0) is 0 Å². The Hall–Kier alpha value is -0.420. The van der Waals surface area contributed by atoms with Gasteiger partial charge in [0.1, 0.15) is 23.7 Å². The predicted molar refractivity (Wildman–Crippen MR) is 72.9 cm³/mol. The summed E-state index contributed by atoms with van der Waals surface area (Å²) < 4.78 is 5.46. The number of ether oxygens (including phenoxy) is 1. The second-order valence-corrected chi connectivity index (χ2v) is 5.79. The zero-order valence-corrected chi connectivity index (χ0v) is 12.0. The molecule has 1 saturated heterocycles. The number of thioether (sulfide) groups is 1. The summed E-state index contributed by atoms with van der Waals surface area (Å²) in [6.07, 6.45) is -4.24. The largest absolute Gasteiger partial charge is 0.394 e. The lowest BCUT2D eigenvalue weighted by Crippen LogP contribution is -2.63. The minimum absolute atomic E-state index is 0.0825. The summed E-state index contributed by atoms with van der Waals surface area (Å²) in [5.74, 6) is -0.129. The van der Waals surface area contributed by atoms with Crippen LogP contribution in [0.3, 0.4) is 0 Å². The van der Waals surface area contributed by atoms with Crippen molar-refractivity contribution in [3.63, 3.8) is 0 Å². The van der Waals surface area contributed by atoms with Gasteiger partial charge in [0.25, 0.3) is 0 Å². The van der Waals surface area contributed by atoms with Crippen molar-refractivity contribution >= 4 is 17.7 Å². The molecule has 1 fully saturated rings. The topological polar surface area (TPSA) is 145 Å². The normalized spacial score (nSPS) is 35.6. The molecule has 0 aromatic rings. The Morgan fingerprint density at radius 3 is 2.60 bits per heavy atom. The third-order valence-corrected chi connectivity index (χ3v) is 4.29. The molecule has 9 heteroatoms. The maximum absolute atomic E-state index is 11.2. The lowest BCUT2D eigenvalue weighted by atomic mass is 9.98. The highest BCUT2D eigenvalue weighted by Crippen LogP contribution is 2.28.